The number of hydrogen-bond donors (Lipinski definition) is 1. The van der Waals surface area contributed by atoms with Gasteiger partial charge in [-0.1, -0.05) is 6.07 Å². The monoisotopic (exact) mass is 479 g/mol. The first kappa shape index (κ1) is 23.5. The largest absolute Gasteiger partial charge is 0.486 e. The summed E-state index contributed by atoms with van der Waals surface area (Å²) in [7, 11) is 0. The van der Waals surface area contributed by atoms with Crippen LogP contribution in [0.4, 0.5) is 20.2 Å². The molecule has 8 heteroatoms. The lowest BCUT2D eigenvalue weighted by molar-refractivity contribution is 0.287. The molecule has 2 aliphatic heterocycles. The van der Waals surface area contributed by atoms with Crippen molar-refractivity contribution in [3.05, 3.63) is 65.1 Å². The summed E-state index contributed by atoms with van der Waals surface area (Å²) in [6.07, 6.45) is 2.14. The summed E-state index contributed by atoms with van der Waals surface area (Å²) in [6, 6.07) is 8.97. The molecule has 0 spiro atoms. The normalized spacial score (nSPS) is 15.8. The van der Waals surface area contributed by atoms with Crippen molar-refractivity contribution in [2.75, 3.05) is 49.1 Å². The molecule has 0 amide bonds. The summed E-state index contributed by atoms with van der Waals surface area (Å²) in [6.45, 7) is 10.5. The van der Waals surface area contributed by atoms with Crippen molar-refractivity contribution in [2.45, 2.75) is 33.2 Å². The molecule has 35 heavy (non-hydrogen) atoms. The lowest BCUT2D eigenvalue weighted by atomic mass is 10.0. The minimum atomic E-state index is -0.395. The van der Waals surface area contributed by atoms with Crippen molar-refractivity contribution >= 4 is 11.4 Å². The second-order valence-corrected chi connectivity index (χ2v) is 9.46. The van der Waals surface area contributed by atoms with E-state index in [1.54, 1.807) is 12.3 Å². The number of fused-ring (bicyclic) bond motifs is 1. The van der Waals surface area contributed by atoms with E-state index in [1.165, 1.54) is 6.07 Å². The van der Waals surface area contributed by atoms with Crippen molar-refractivity contribution < 1.29 is 13.5 Å². The van der Waals surface area contributed by atoms with Gasteiger partial charge in [0.05, 0.1) is 23.6 Å². The van der Waals surface area contributed by atoms with Crippen LogP contribution in [0.15, 0.2) is 36.5 Å². The van der Waals surface area contributed by atoms with E-state index >= 15 is 4.39 Å². The van der Waals surface area contributed by atoms with Gasteiger partial charge in [-0.2, -0.15) is 0 Å². The number of ether oxygens (including phenoxy) is 1. The lowest BCUT2D eigenvalue weighted by Gasteiger charge is -2.34. The number of benzene rings is 2. The molecule has 184 valence electrons. The van der Waals surface area contributed by atoms with Crippen LogP contribution in [-0.2, 0) is 6.42 Å². The fraction of sp³-hybridized carbons (Fsp3) is 0.407. The number of anilines is 2. The Morgan fingerprint density at radius 2 is 1.83 bits per heavy atom. The molecule has 1 N–H and O–H groups in total. The molecule has 0 unspecified atom stereocenters. The van der Waals surface area contributed by atoms with Crippen LogP contribution in [0, 0.1) is 18.6 Å². The Balaban J connectivity index is 1.43. The minimum absolute atomic E-state index is 0.216. The molecule has 0 radical (unpaired) electrons. The number of halogens is 2. The van der Waals surface area contributed by atoms with Gasteiger partial charge in [0.15, 0.2) is 11.6 Å². The molecule has 0 atom stereocenters. The van der Waals surface area contributed by atoms with Crippen molar-refractivity contribution in [1.29, 1.82) is 0 Å². The third-order valence-electron chi connectivity index (χ3n) is 6.66. The first-order valence-electron chi connectivity index (χ1n) is 12.2. The molecule has 5 rings (SSSR count). The summed E-state index contributed by atoms with van der Waals surface area (Å²) < 4.78 is 35.5. The molecular formula is C27H31F2N5O. The molecule has 0 aliphatic carbocycles. The van der Waals surface area contributed by atoms with Crippen molar-refractivity contribution in [3.63, 3.8) is 0 Å². The summed E-state index contributed by atoms with van der Waals surface area (Å²) in [5, 5.41) is 3.29. The van der Waals surface area contributed by atoms with Crippen molar-refractivity contribution in [2.24, 2.45) is 0 Å². The summed E-state index contributed by atoms with van der Waals surface area (Å²) >= 11 is 0. The average Bonchev–Trinajstić information content (AvgIpc) is 2.85. The van der Waals surface area contributed by atoms with E-state index in [0.29, 0.717) is 48.1 Å². The maximum absolute atomic E-state index is 15.0. The van der Waals surface area contributed by atoms with Crippen LogP contribution in [0.3, 0.4) is 0 Å². The van der Waals surface area contributed by atoms with Crippen LogP contribution in [0.1, 0.15) is 30.8 Å². The fourth-order valence-electron chi connectivity index (χ4n) is 4.84. The van der Waals surface area contributed by atoms with Gasteiger partial charge < -0.3 is 19.9 Å². The zero-order valence-corrected chi connectivity index (χ0v) is 20.4. The van der Waals surface area contributed by atoms with Gasteiger partial charge in [-0.15, -0.1) is 0 Å². The molecule has 0 saturated carbocycles. The minimum Gasteiger partial charge on any atom is -0.486 e. The highest BCUT2D eigenvalue weighted by molar-refractivity contribution is 5.73. The third kappa shape index (κ3) is 4.80. The van der Waals surface area contributed by atoms with Crippen molar-refractivity contribution in [3.8, 4) is 17.0 Å². The Morgan fingerprint density at radius 3 is 2.57 bits per heavy atom. The van der Waals surface area contributed by atoms with E-state index in [-0.39, 0.29) is 11.9 Å². The first-order chi connectivity index (χ1) is 16.9. The Kier molecular flexibility index (Phi) is 6.56. The van der Waals surface area contributed by atoms with Gasteiger partial charge in [0.1, 0.15) is 18.2 Å². The average molecular weight is 480 g/mol. The standard InChI is InChI=1S/C27H31F2N5O/c1-17(2)34-10-11-35-27-22(29)14-20(15-24(27)34)26-18(3)16-31-25(32-26)13-19-4-5-23(21(28)12-19)33-8-6-30-7-9-33/h4-5,12,14-17,30H,6-11,13H2,1-3H3. The van der Waals surface area contributed by atoms with Gasteiger partial charge >= 0.3 is 0 Å². The zero-order chi connectivity index (χ0) is 24.5. The maximum Gasteiger partial charge on any atom is 0.178 e. The number of aryl methyl sites for hydroxylation is 1. The van der Waals surface area contributed by atoms with Gasteiger partial charge in [0.25, 0.3) is 0 Å². The SMILES string of the molecule is Cc1cnc(Cc2ccc(N3CCNCC3)c(F)c2)nc1-c1cc(F)c2c(c1)N(C(C)C)CCO2. The predicted octanol–water partition coefficient (Wildman–Crippen LogP) is 4.34. The van der Waals surface area contributed by atoms with E-state index < -0.39 is 5.82 Å². The summed E-state index contributed by atoms with van der Waals surface area (Å²) in [5.74, 6) is 0.228. The quantitative estimate of drug-likeness (QED) is 0.588. The predicted molar refractivity (Wildman–Crippen MR) is 134 cm³/mol. The summed E-state index contributed by atoms with van der Waals surface area (Å²) in [4.78, 5) is 13.4. The Morgan fingerprint density at radius 1 is 1.03 bits per heavy atom. The van der Waals surface area contributed by atoms with Gasteiger partial charge in [0.2, 0.25) is 0 Å². The van der Waals surface area contributed by atoms with Gasteiger partial charge in [-0.05, 0) is 56.2 Å². The van der Waals surface area contributed by atoms with Crippen LogP contribution < -0.4 is 19.9 Å². The molecule has 2 aromatic carbocycles. The smallest absolute Gasteiger partial charge is 0.178 e. The van der Waals surface area contributed by atoms with E-state index in [9.17, 15) is 4.39 Å². The molecule has 6 nitrogen and oxygen atoms in total. The Bertz CT molecular complexity index is 1230. The van der Waals surface area contributed by atoms with Gasteiger partial charge in [-0.25, -0.2) is 18.7 Å². The second-order valence-electron chi connectivity index (χ2n) is 9.46. The number of hydrogen-bond acceptors (Lipinski definition) is 6. The fourth-order valence-corrected chi connectivity index (χ4v) is 4.84. The second kappa shape index (κ2) is 9.77. The van der Waals surface area contributed by atoms with Gasteiger partial charge in [-0.3, -0.25) is 0 Å². The molecule has 0 bridgehead atoms. The van der Waals surface area contributed by atoms with Gasteiger partial charge in [0, 0.05) is 50.4 Å². The Hall–Kier alpha value is -3.26. The molecule has 1 aromatic heterocycles. The topological polar surface area (TPSA) is 53.5 Å². The van der Waals surface area contributed by atoms with Crippen LogP contribution in [0.2, 0.25) is 0 Å². The van der Waals surface area contributed by atoms with Crippen LogP contribution in [0.5, 0.6) is 5.75 Å². The molecule has 1 saturated heterocycles. The van der Waals surface area contributed by atoms with Crippen LogP contribution in [0.25, 0.3) is 11.3 Å². The highest BCUT2D eigenvalue weighted by atomic mass is 19.1. The van der Waals surface area contributed by atoms with Crippen molar-refractivity contribution in [1.82, 2.24) is 15.3 Å². The summed E-state index contributed by atoms with van der Waals surface area (Å²) in [5.41, 5.74) is 4.37. The zero-order valence-electron chi connectivity index (χ0n) is 20.4. The molecule has 3 heterocycles. The molecule has 3 aromatic rings. The number of rotatable bonds is 5. The molecular weight excluding hydrogens is 448 g/mol. The maximum atomic E-state index is 15.0. The van der Waals surface area contributed by atoms with E-state index in [1.807, 2.05) is 25.1 Å². The first-order valence-corrected chi connectivity index (χ1v) is 12.2. The van der Waals surface area contributed by atoms with Crippen LogP contribution >= 0.6 is 0 Å². The molecule has 2 aliphatic rings. The number of nitrogens with one attached hydrogen (secondary N) is 1. The molecule has 1 fully saturated rings. The Labute approximate surface area is 205 Å². The third-order valence-corrected chi connectivity index (χ3v) is 6.66. The number of nitrogens with zero attached hydrogens (tertiary/aromatic N) is 4. The highest BCUT2D eigenvalue weighted by Gasteiger charge is 2.25. The van der Waals surface area contributed by atoms with E-state index in [0.717, 1.165) is 43.0 Å². The van der Waals surface area contributed by atoms with E-state index in [2.05, 4.69) is 33.9 Å². The van der Waals surface area contributed by atoms with Crippen LogP contribution in [-0.4, -0.2) is 55.3 Å². The number of piperazine rings is 1. The van der Waals surface area contributed by atoms with E-state index in [4.69, 9.17) is 9.72 Å². The lowest BCUT2D eigenvalue weighted by Crippen LogP contribution is -2.43. The number of aromatic nitrogens is 2. The highest BCUT2D eigenvalue weighted by Crippen LogP contribution is 2.39.